The van der Waals surface area contributed by atoms with E-state index in [2.05, 4.69) is 24.6 Å². The van der Waals surface area contributed by atoms with E-state index in [1.165, 1.54) is 19.2 Å². The number of aromatic nitrogens is 2. The Balaban J connectivity index is 1.76. The van der Waals surface area contributed by atoms with E-state index in [4.69, 9.17) is 25.8 Å². The number of carboxylic acid groups (broad SMARTS) is 1. The van der Waals surface area contributed by atoms with Gasteiger partial charge in [0.1, 0.15) is 24.0 Å². The van der Waals surface area contributed by atoms with Gasteiger partial charge in [-0.05, 0) is 54.9 Å². The number of hydrogen-bond donors (Lipinski definition) is 1. The number of ether oxygens (including phenoxy) is 3. The van der Waals surface area contributed by atoms with Crippen LogP contribution in [0.25, 0.3) is 22.2 Å². The third-order valence-electron chi connectivity index (χ3n) is 6.13. The molecule has 1 heterocycles. The van der Waals surface area contributed by atoms with Gasteiger partial charge >= 0.3 is 12.0 Å². The van der Waals surface area contributed by atoms with Crippen molar-refractivity contribution >= 4 is 36.7 Å². The molecular weight excluding hydrogens is 527 g/mol. The first-order chi connectivity index (χ1) is 18.0. The highest BCUT2D eigenvalue weighted by atomic mass is 35.5. The molecule has 0 atom stereocenters. The van der Waals surface area contributed by atoms with Gasteiger partial charge in [-0.1, -0.05) is 37.3 Å². The topological polar surface area (TPSA) is 82.8 Å². The van der Waals surface area contributed by atoms with Crippen LogP contribution in [0.1, 0.15) is 15.9 Å². The lowest BCUT2D eigenvalue weighted by Gasteiger charge is -2.16. The minimum Gasteiger partial charge on any atom is -0.497 e. The zero-order valence-electron chi connectivity index (χ0n) is 22.0. The molecule has 0 unspecified atom stereocenters. The van der Waals surface area contributed by atoms with Crippen molar-refractivity contribution in [1.29, 1.82) is 0 Å². The molecule has 0 radical (unpaired) electrons. The molecule has 38 heavy (non-hydrogen) atoms. The number of hydrogen-bond acceptors (Lipinski definition) is 5. The lowest BCUT2D eigenvalue weighted by Crippen LogP contribution is -2.22. The molecule has 1 aromatic heterocycles. The zero-order chi connectivity index (χ0) is 27.6. The van der Waals surface area contributed by atoms with Gasteiger partial charge in [-0.15, -0.1) is 0 Å². The summed E-state index contributed by atoms with van der Waals surface area (Å²) < 4.78 is 33.8. The van der Waals surface area contributed by atoms with Crippen LogP contribution >= 0.6 is 11.6 Å². The number of halogens is 2. The highest BCUT2D eigenvalue weighted by molar-refractivity contribution is 6.76. The second-order valence-corrected chi connectivity index (χ2v) is 16.2. The first-order valence-corrected chi connectivity index (χ1v) is 16.2. The monoisotopic (exact) mass is 556 g/mol. The molecule has 0 amide bonds. The van der Waals surface area contributed by atoms with Crippen LogP contribution in [0, 0.1) is 12.7 Å². The Morgan fingerprint density at radius 2 is 1.82 bits per heavy atom. The smallest absolute Gasteiger partial charge is 0.336 e. The normalized spacial score (nSPS) is 11.7. The average Bonchev–Trinajstić information content (AvgIpc) is 3.17. The molecule has 0 saturated heterocycles. The SMILES string of the molecule is COc1ccc(-c2cc3nc(Oc4ccc(C)c(C(=O)O)c4)n(COCC[Si](C)(C)C)c3cc2Cl)c(F)c1. The summed E-state index contributed by atoms with van der Waals surface area (Å²) in [6.45, 7) is 9.26. The van der Waals surface area contributed by atoms with Gasteiger partial charge in [-0.25, -0.2) is 9.18 Å². The van der Waals surface area contributed by atoms with E-state index >= 15 is 0 Å². The minimum absolute atomic E-state index is 0.136. The molecule has 0 fully saturated rings. The highest BCUT2D eigenvalue weighted by Gasteiger charge is 2.20. The Morgan fingerprint density at radius 3 is 2.47 bits per heavy atom. The second kappa shape index (κ2) is 11.1. The Kier molecular flexibility index (Phi) is 8.10. The molecule has 0 aliphatic carbocycles. The lowest BCUT2D eigenvalue weighted by atomic mass is 10.0. The Labute approximate surface area is 226 Å². The maximum absolute atomic E-state index is 14.9. The van der Waals surface area contributed by atoms with E-state index in [1.54, 1.807) is 47.9 Å². The molecule has 0 aliphatic heterocycles. The summed E-state index contributed by atoms with van der Waals surface area (Å²) in [5.74, 6) is -0.803. The van der Waals surface area contributed by atoms with Crippen molar-refractivity contribution < 1.29 is 28.5 Å². The summed E-state index contributed by atoms with van der Waals surface area (Å²) in [6, 6.07) is 14.0. The van der Waals surface area contributed by atoms with Crippen molar-refractivity contribution in [3.63, 3.8) is 0 Å². The van der Waals surface area contributed by atoms with Crippen molar-refractivity contribution in [2.45, 2.75) is 39.3 Å². The molecule has 0 saturated carbocycles. The van der Waals surface area contributed by atoms with Crippen LogP contribution in [0.4, 0.5) is 4.39 Å². The fourth-order valence-corrected chi connectivity index (χ4v) is 4.92. The Morgan fingerprint density at radius 1 is 1.08 bits per heavy atom. The number of aromatic carboxylic acids is 1. The van der Waals surface area contributed by atoms with E-state index < -0.39 is 19.9 Å². The summed E-state index contributed by atoms with van der Waals surface area (Å²) in [7, 11) is 0.175. The van der Waals surface area contributed by atoms with Gasteiger partial charge in [-0.2, -0.15) is 4.98 Å². The van der Waals surface area contributed by atoms with Crippen LogP contribution < -0.4 is 9.47 Å². The Hall–Kier alpha value is -3.40. The molecule has 10 heteroatoms. The van der Waals surface area contributed by atoms with Gasteiger partial charge in [0.2, 0.25) is 0 Å². The minimum atomic E-state index is -1.30. The first kappa shape index (κ1) is 27.6. The predicted octanol–water partition coefficient (Wildman–Crippen LogP) is 7.62. The van der Waals surface area contributed by atoms with Crippen LogP contribution in [0.15, 0.2) is 48.5 Å². The van der Waals surface area contributed by atoms with E-state index in [0.717, 1.165) is 6.04 Å². The van der Waals surface area contributed by atoms with Crippen molar-refractivity contribution in [1.82, 2.24) is 9.55 Å². The van der Waals surface area contributed by atoms with Crippen molar-refractivity contribution in [3.05, 3.63) is 70.5 Å². The van der Waals surface area contributed by atoms with E-state index in [9.17, 15) is 14.3 Å². The molecule has 200 valence electrons. The number of carboxylic acids is 1. The maximum Gasteiger partial charge on any atom is 0.336 e. The van der Waals surface area contributed by atoms with Crippen molar-refractivity contribution in [2.24, 2.45) is 0 Å². The zero-order valence-corrected chi connectivity index (χ0v) is 23.7. The van der Waals surface area contributed by atoms with E-state index in [-0.39, 0.29) is 18.3 Å². The third kappa shape index (κ3) is 6.17. The van der Waals surface area contributed by atoms with E-state index in [0.29, 0.717) is 50.9 Å². The van der Waals surface area contributed by atoms with Gasteiger partial charge in [0.25, 0.3) is 0 Å². The molecule has 4 rings (SSSR count). The number of fused-ring (bicyclic) bond motifs is 1. The molecule has 3 aromatic carbocycles. The largest absolute Gasteiger partial charge is 0.497 e. The number of benzene rings is 3. The maximum atomic E-state index is 14.9. The van der Waals surface area contributed by atoms with Crippen LogP contribution in [0.2, 0.25) is 30.7 Å². The van der Waals surface area contributed by atoms with Crippen molar-refractivity contribution in [3.8, 4) is 28.6 Å². The van der Waals surface area contributed by atoms with Crippen LogP contribution in [-0.4, -0.2) is 42.4 Å². The van der Waals surface area contributed by atoms with Gasteiger partial charge in [0.05, 0.1) is 28.7 Å². The number of imidazole rings is 1. The molecular formula is C28H30ClFN2O5Si. The van der Waals surface area contributed by atoms with Gasteiger partial charge < -0.3 is 19.3 Å². The van der Waals surface area contributed by atoms with Gasteiger partial charge in [0, 0.05) is 31.9 Å². The number of aryl methyl sites for hydroxylation is 1. The van der Waals surface area contributed by atoms with Crippen molar-refractivity contribution in [2.75, 3.05) is 13.7 Å². The predicted molar refractivity (Wildman–Crippen MR) is 149 cm³/mol. The van der Waals surface area contributed by atoms with Gasteiger partial charge in [-0.3, -0.25) is 4.57 Å². The fourth-order valence-electron chi connectivity index (χ4n) is 3.91. The molecule has 1 N–H and O–H groups in total. The number of carbonyl (C=O) groups is 1. The van der Waals surface area contributed by atoms with E-state index in [1.807, 2.05) is 0 Å². The third-order valence-corrected chi connectivity index (χ3v) is 8.15. The highest BCUT2D eigenvalue weighted by Crippen LogP contribution is 2.37. The quantitative estimate of drug-likeness (QED) is 0.160. The molecule has 0 bridgehead atoms. The standard InChI is InChI=1S/C28H30ClFN2O5Si/c1-17-6-7-19(12-21(17)27(33)34)37-28-31-25-14-22(20-9-8-18(35-2)13-24(20)30)23(29)15-26(25)32(28)16-36-10-11-38(3,4)5/h6-9,12-15H,10-11,16H2,1-5H3,(H,33,34). The summed E-state index contributed by atoms with van der Waals surface area (Å²) >= 11 is 6.64. The molecule has 7 nitrogen and oxygen atoms in total. The number of rotatable bonds is 10. The van der Waals surface area contributed by atoms with Crippen LogP contribution in [0.5, 0.6) is 17.5 Å². The Bertz CT molecular complexity index is 1500. The average molecular weight is 557 g/mol. The number of nitrogens with zero attached hydrogens (tertiary/aromatic N) is 2. The first-order valence-electron chi connectivity index (χ1n) is 12.1. The van der Waals surface area contributed by atoms with Gasteiger partial charge in [0.15, 0.2) is 0 Å². The van der Waals surface area contributed by atoms with Crippen LogP contribution in [-0.2, 0) is 11.5 Å². The summed E-state index contributed by atoms with van der Waals surface area (Å²) in [4.78, 5) is 16.3. The summed E-state index contributed by atoms with van der Waals surface area (Å²) in [5.41, 5.74) is 2.70. The number of methoxy groups -OCH3 is 1. The second-order valence-electron chi connectivity index (χ2n) is 10.2. The van der Waals surface area contributed by atoms with Crippen LogP contribution in [0.3, 0.4) is 0 Å². The summed E-state index contributed by atoms with van der Waals surface area (Å²) in [5, 5.41) is 9.85. The molecule has 4 aromatic rings. The fraction of sp³-hybridized carbons (Fsp3) is 0.286. The lowest BCUT2D eigenvalue weighted by molar-refractivity contribution is 0.0695. The molecule has 0 aliphatic rings. The molecule has 0 spiro atoms. The summed E-state index contributed by atoms with van der Waals surface area (Å²) in [6.07, 6.45) is 0.